The van der Waals surface area contributed by atoms with Crippen LogP contribution in [-0.2, 0) is 4.79 Å². The maximum absolute atomic E-state index is 11.9. The zero-order valence-electron chi connectivity index (χ0n) is 10.9. The molecule has 17 heavy (non-hydrogen) atoms. The Morgan fingerprint density at radius 2 is 2.06 bits per heavy atom. The number of benzene rings is 1. The van der Waals surface area contributed by atoms with Crippen LogP contribution in [0.3, 0.4) is 0 Å². The van der Waals surface area contributed by atoms with Gasteiger partial charge >= 0.3 is 0 Å². The summed E-state index contributed by atoms with van der Waals surface area (Å²) in [5.74, 6) is 0.0235. The summed E-state index contributed by atoms with van der Waals surface area (Å²) < 4.78 is 0. The lowest BCUT2D eigenvalue weighted by atomic mass is 10.2. The summed E-state index contributed by atoms with van der Waals surface area (Å²) in [6, 6.07) is 7.66. The Morgan fingerprint density at radius 3 is 2.71 bits per heavy atom. The van der Waals surface area contributed by atoms with Crippen molar-refractivity contribution in [2.45, 2.75) is 39.7 Å². The fourth-order valence-electron chi connectivity index (χ4n) is 1.54. The molecule has 0 aromatic heterocycles. The third kappa shape index (κ3) is 4.57. The molecule has 2 N–H and O–H groups in total. The summed E-state index contributed by atoms with van der Waals surface area (Å²) in [5, 5.41) is 6.15. The van der Waals surface area contributed by atoms with E-state index in [9.17, 15) is 4.79 Å². The second-order valence-corrected chi connectivity index (χ2v) is 4.33. The second-order valence-electron chi connectivity index (χ2n) is 4.33. The summed E-state index contributed by atoms with van der Waals surface area (Å²) >= 11 is 0. The van der Waals surface area contributed by atoms with E-state index in [1.807, 2.05) is 38.1 Å². The van der Waals surface area contributed by atoms with Crippen LogP contribution in [0.1, 0.15) is 32.3 Å². The number of unbranched alkanes of at least 4 members (excludes halogenated alkanes) is 1. The number of hydrogen-bond acceptors (Lipinski definition) is 2. The van der Waals surface area contributed by atoms with Gasteiger partial charge in [-0.3, -0.25) is 4.79 Å². The van der Waals surface area contributed by atoms with Gasteiger partial charge in [0.2, 0.25) is 5.91 Å². The van der Waals surface area contributed by atoms with Gasteiger partial charge in [-0.05, 0) is 38.4 Å². The minimum absolute atomic E-state index is 0.0235. The first-order valence-corrected chi connectivity index (χ1v) is 6.25. The van der Waals surface area contributed by atoms with Crippen molar-refractivity contribution in [3.8, 4) is 0 Å². The van der Waals surface area contributed by atoms with Crippen molar-refractivity contribution in [3.63, 3.8) is 0 Å². The van der Waals surface area contributed by atoms with Gasteiger partial charge in [0.25, 0.3) is 0 Å². The zero-order chi connectivity index (χ0) is 12.7. The van der Waals surface area contributed by atoms with E-state index < -0.39 is 0 Å². The molecule has 1 aromatic rings. The summed E-state index contributed by atoms with van der Waals surface area (Å²) in [7, 11) is 0. The number of para-hydroxylation sites is 1. The lowest BCUT2D eigenvalue weighted by molar-refractivity contribution is -0.117. The van der Waals surface area contributed by atoms with Crippen molar-refractivity contribution in [1.29, 1.82) is 0 Å². The van der Waals surface area contributed by atoms with Crippen LogP contribution < -0.4 is 10.6 Å². The molecule has 0 aliphatic heterocycles. The normalized spacial score (nSPS) is 12.2. The third-order valence-corrected chi connectivity index (χ3v) is 2.78. The Labute approximate surface area is 104 Å². The number of carbonyl (C=O) groups is 1. The smallest absolute Gasteiger partial charge is 0.241 e. The van der Waals surface area contributed by atoms with Gasteiger partial charge in [0.15, 0.2) is 0 Å². The number of anilines is 1. The van der Waals surface area contributed by atoms with Gasteiger partial charge in [-0.25, -0.2) is 0 Å². The monoisotopic (exact) mass is 234 g/mol. The van der Waals surface area contributed by atoms with Crippen molar-refractivity contribution in [2.75, 3.05) is 11.9 Å². The molecule has 1 amide bonds. The largest absolute Gasteiger partial charge is 0.324 e. The van der Waals surface area contributed by atoms with E-state index in [-0.39, 0.29) is 11.9 Å². The number of hydrogen-bond donors (Lipinski definition) is 2. The van der Waals surface area contributed by atoms with E-state index in [2.05, 4.69) is 17.6 Å². The van der Waals surface area contributed by atoms with Crippen LogP contribution in [0.5, 0.6) is 0 Å². The van der Waals surface area contributed by atoms with Crippen LogP contribution in [0.4, 0.5) is 5.69 Å². The van der Waals surface area contributed by atoms with Crippen LogP contribution in [0.2, 0.25) is 0 Å². The predicted octanol–water partition coefficient (Wildman–Crippen LogP) is 2.71. The van der Waals surface area contributed by atoms with E-state index >= 15 is 0 Å². The van der Waals surface area contributed by atoms with Gasteiger partial charge in [-0.2, -0.15) is 0 Å². The van der Waals surface area contributed by atoms with E-state index in [1.165, 1.54) is 0 Å². The number of aryl methyl sites for hydroxylation is 1. The summed E-state index contributed by atoms with van der Waals surface area (Å²) in [4.78, 5) is 11.9. The molecule has 0 heterocycles. The lowest BCUT2D eigenvalue weighted by Crippen LogP contribution is -2.38. The average molecular weight is 234 g/mol. The van der Waals surface area contributed by atoms with E-state index in [0.29, 0.717) is 0 Å². The van der Waals surface area contributed by atoms with Crippen LogP contribution in [0.15, 0.2) is 24.3 Å². The zero-order valence-corrected chi connectivity index (χ0v) is 10.9. The third-order valence-electron chi connectivity index (χ3n) is 2.78. The SMILES string of the molecule is CCCCNC(C)C(=O)Nc1ccccc1C. The molecule has 1 atom stereocenters. The topological polar surface area (TPSA) is 41.1 Å². The Balaban J connectivity index is 2.46. The van der Waals surface area contributed by atoms with E-state index in [0.717, 1.165) is 30.6 Å². The standard InChI is InChI=1S/C14H22N2O/c1-4-5-10-15-12(3)14(17)16-13-9-7-6-8-11(13)2/h6-9,12,15H,4-5,10H2,1-3H3,(H,16,17). The average Bonchev–Trinajstić information content (AvgIpc) is 2.32. The van der Waals surface area contributed by atoms with Crippen LogP contribution in [0.25, 0.3) is 0 Å². The van der Waals surface area contributed by atoms with Crippen molar-refractivity contribution >= 4 is 11.6 Å². The molecule has 1 rings (SSSR count). The van der Waals surface area contributed by atoms with Gasteiger partial charge in [0.1, 0.15) is 0 Å². The Kier molecular flexibility index (Phi) is 5.70. The second kappa shape index (κ2) is 7.07. The Bertz CT molecular complexity index is 363. The van der Waals surface area contributed by atoms with E-state index in [4.69, 9.17) is 0 Å². The summed E-state index contributed by atoms with van der Waals surface area (Å²) in [5.41, 5.74) is 1.98. The van der Waals surface area contributed by atoms with Crippen molar-refractivity contribution in [2.24, 2.45) is 0 Å². The highest BCUT2D eigenvalue weighted by Gasteiger charge is 2.12. The van der Waals surface area contributed by atoms with Crippen molar-refractivity contribution < 1.29 is 4.79 Å². The molecule has 1 aromatic carbocycles. The maximum atomic E-state index is 11.9. The highest BCUT2D eigenvalue weighted by Crippen LogP contribution is 2.13. The molecule has 0 spiro atoms. The molecule has 0 radical (unpaired) electrons. The van der Waals surface area contributed by atoms with Crippen LogP contribution >= 0.6 is 0 Å². The highest BCUT2D eigenvalue weighted by molar-refractivity contribution is 5.95. The molecule has 0 aliphatic carbocycles. The predicted molar refractivity (Wildman–Crippen MR) is 72.2 cm³/mol. The number of nitrogens with one attached hydrogen (secondary N) is 2. The van der Waals surface area contributed by atoms with Gasteiger partial charge in [0.05, 0.1) is 6.04 Å². The number of amides is 1. The maximum Gasteiger partial charge on any atom is 0.241 e. The minimum atomic E-state index is -0.152. The molecule has 3 heteroatoms. The molecule has 0 fully saturated rings. The molecule has 3 nitrogen and oxygen atoms in total. The Hall–Kier alpha value is -1.35. The first-order valence-electron chi connectivity index (χ1n) is 6.25. The first kappa shape index (κ1) is 13.7. The minimum Gasteiger partial charge on any atom is -0.324 e. The quantitative estimate of drug-likeness (QED) is 0.743. The van der Waals surface area contributed by atoms with Gasteiger partial charge in [-0.1, -0.05) is 31.5 Å². The van der Waals surface area contributed by atoms with Crippen molar-refractivity contribution in [3.05, 3.63) is 29.8 Å². The van der Waals surface area contributed by atoms with Crippen LogP contribution in [-0.4, -0.2) is 18.5 Å². The lowest BCUT2D eigenvalue weighted by Gasteiger charge is -2.14. The molecule has 0 saturated carbocycles. The number of rotatable bonds is 6. The van der Waals surface area contributed by atoms with Gasteiger partial charge in [-0.15, -0.1) is 0 Å². The molecule has 94 valence electrons. The van der Waals surface area contributed by atoms with Crippen LogP contribution in [0, 0.1) is 6.92 Å². The molecule has 1 unspecified atom stereocenters. The van der Waals surface area contributed by atoms with Gasteiger partial charge < -0.3 is 10.6 Å². The first-order chi connectivity index (χ1) is 8.15. The number of carbonyl (C=O) groups excluding carboxylic acids is 1. The fraction of sp³-hybridized carbons (Fsp3) is 0.500. The fourth-order valence-corrected chi connectivity index (χ4v) is 1.54. The molecule has 0 saturated heterocycles. The molecular formula is C14H22N2O. The molecule has 0 aliphatic rings. The van der Waals surface area contributed by atoms with Crippen molar-refractivity contribution in [1.82, 2.24) is 5.32 Å². The molecule has 0 bridgehead atoms. The highest BCUT2D eigenvalue weighted by atomic mass is 16.2. The van der Waals surface area contributed by atoms with Gasteiger partial charge in [0, 0.05) is 5.69 Å². The van der Waals surface area contributed by atoms with E-state index in [1.54, 1.807) is 0 Å². The Morgan fingerprint density at radius 1 is 1.35 bits per heavy atom. The summed E-state index contributed by atoms with van der Waals surface area (Å²) in [6.45, 7) is 6.91. The summed E-state index contributed by atoms with van der Waals surface area (Å²) in [6.07, 6.45) is 2.24. The molecular weight excluding hydrogens is 212 g/mol.